The number of nitrogens with two attached hydrogens (primary N) is 1. The molecule has 110 valence electrons. The molecule has 0 amide bonds. The first-order valence-electron chi connectivity index (χ1n) is 6.81. The lowest BCUT2D eigenvalue weighted by Gasteiger charge is -2.45. The predicted octanol–water partition coefficient (Wildman–Crippen LogP) is 1.99. The van der Waals surface area contributed by atoms with E-state index in [2.05, 4.69) is 30.7 Å². The molecule has 1 saturated heterocycles. The third-order valence-electron chi connectivity index (χ3n) is 4.12. The molecule has 1 aromatic carbocycles. The SMILES string of the molecule is CN1CCN(Cc2cc(F)ccc2C(N)=S)CC1(C)C. The second-order valence-electron chi connectivity index (χ2n) is 6.11. The summed E-state index contributed by atoms with van der Waals surface area (Å²) in [5.74, 6) is -0.242. The minimum absolute atomic E-state index is 0.120. The highest BCUT2D eigenvalue weighted by Gasteiger charge is 2.31. The van der Waals surface area contributed by atoms with Crippen molar-refractivity contribution in [2.45, 2.75) is 25.9 Å². The predicted molar refractivity (Wildman–Crippen MR) is 84.3 cm³/mol. The van der Waals surface area contributed by atoms with Gasteiger partial charge in [0, 0.05) is 37.3 Å². The number of hydrogen-bond donors (Lipinski definition) is 1. The van der Waals surface area contributed by atoms with Crippen molar-refractivity contribution in [3.05, 3.63) is 35.1 Å². The third kappa shape index (κ3) is 3.34. The lowest BCUT2D eigenvalue weighted by molar-refractivity contribution is 0.0359. The van der Waals surface area contributed by atoms with Crippen LogP contribution in [0.3, 0.4) is 0 Å². The van der Waals surface area contributed by atoms with E-state index in [1.807, 2.05) is 0 Å². The Bertz CT molecular complexity index is 516. The van der Waals surface area contributed by atoms with Gasteiger partial charge in [0.25, 0.3) is 0 Å². The van der Waals surface area contributed by atoms with E-state index in [0.29, 0.717) is 11.5 Å². The second-order valence-corrected chi connectivity index (χ2v) is 6.55. The maximum absolute atomic E-state index is 13.5. The van der Waals surface area contributed by atoms with Crippen molar-refractivity contribution in [2.24, 2.45) is 5.73 Å². The summed E-state index contributed by atoms with van der Waals surface area (Å²) in [6, 6.07) is 4.62. The summed E-state index contributed by atoms with van der Waals surface area (Å²) in [6.45, 7) is 8.04. The molecule has 1 aliphatic heterocycles. The van der Waals surface area contributed by atoms with Gasteiger partial charge in [0.05, 0.1) is 0 Å². The molecule has 2 N–H and O–H groups in total. The van der Waals surface area contributed by atoms with Crippen LogP contribution in [0.15, 0.2) is 18.2 Å². The molecule has 5 heteroatoms. The summed E-state index contributed by atoms with van der Waals surface area (Å²) in [5.41, 5.74) is 7.50. The average molecular weight is 295 g/mol. The topological polar surface area (TPSA) is 32.5 Å². The first kappa shape index (κ1) is 15.4. The van der Waals surface area contributed by atoms with Crippen LogP contribution in [0.25, 0.3) is 0 Å². The number of piperazine rings is 1. The van der Waals surface area contributed by atoms with Crippen LogP contribution < -0.4 is 5.73 Å². The van der Waals surface area contributed by atoms with Crippen molar-refractivity contribution < 1.29 is 4.39 Å². The molecule has 0 spiro atoms. The van der Waals surface area contributed by atoms with Crippen molar-refractivity contribution in [2.75, 3.05) is 26.7 Å². The van der Waals surface area contributed by atoms with E-state index < -0.39 is 0 Å². The number of likely N-dealkylation sites (N-methyl/N-ethyl adjacent to an activating group) is 1. The molecule has 1 fully saturated rings. The molecule has 2 rings (SSSR count). The van der Waals surface area contributed by atoms with Crippen molar-refractivity contribution in [3.63, 3.8) is 0 Å². The quantitative estimate of drug-likeness (QED) is 0.865. The fraction of sp³-hybridized carbons (Fsp3) is 0.533. The Balaban J connectivity index is 2.18. The maximum Gasteiger partial charge on any atom is 0.123 e. The first-order valence-corrected chi connectivity index (χ1v) is 7.22. The number of thiocarbonyl (C=S) groups is 1. The number of hydrogen-bond acceptors (Lipinski definition) is 3. The smallest absolute Gasteiger partial charge is 0.123 e. The Morgan fingerprint density at radius 3 is 2.70 bits per heavy atom. The summed E-state index contributed by atoms with van der Waals surface area (Å²) in [4.78, 5) is 5.01. The van der Waals surface area contributed by atoms with E-state index in [1.165, 1.54) is 6.07 Å². The molecule has 0 bridgehead atoms. The van der Waals surface area contributed by atoms with Crippen LogP contribution in [0.4, 0.5) is 4.39 Å². The van der Waals surface area contributed by atoms with E-state index in [-0.39, 0.29) is 11.4 Å². The standard InChI is InChI=1S/C15H22FN3S/c1-15(2)10-19(7-6-18(15)3)9-11-8-12(16)4-5-13(11)14(17)20/h4-5,8H,6-7,9-10H2,1-3H3,(H2,17,20). The van der Waals surface area contributed by atoms with Gasteiger partial charge in [0.1, 0.15) is 10.8 Å². The molecule has 0 aliphatic carbocycles. The zero-order valence-corrected chi connectivity index (χ0v) is 13.1. The lowest BCUT2D eigenvalue weighted by atomic mass is 9.98. The van der Waals surface area contributed by atoms with Crippen molar-refractivity contribution in [1.29, 1.82) is 0 Å². The van der Waals surface area contributed by atoms with E-state index in [9.17, 15) is 4.39 Å². The number of nitrogens with zero attached hydrogens (tertiary/aromatic N) is 2. The monoisotopic (exact) mass is 295 g/mol. The summed E-state index contributed by atoms with van der Waals surface area (Å²) in [5, 5.41) is 0. The zero-order chi connectivity index (χ0) is 14.9. The molecular formula is C15H22FN3S. The Hall–Kier alpha value is -1.04. The van der Waals surface area contributed by atoms with Gasteiger partial charge in [-0.05, 0) is 44.7 Å². The molecule has 0 unspecified atom stereocenters. The van der Waals surface area contributed by atoms with Crippen molar-refractivity contribution in [3.8, 4) is 0 Å². The van der Waals surface area contributed by atoms with Crippen LogP contribution in [-0.2, 0) is 6.54 Å². The Morgan fingerprint density at radius 2 is 2.10 bits per heavy atom. The molecule has 3 nitrogen and oxygen atoms in total. The van der Waals surface area contributed by atoms with Gasteiger partial charge in [0.15, 0.2) is 0 Å². The van der Waals surface area contributed by atoms with E-state index in [0.717, 1.165) is 30.8 Å². The van der Waals surface area contributed by atoms with Gasteiger partial charge < -0.3 is 5.73 Å². The van der Waals surface area contributed by atoms with E-state index >= 15 is 0 Å². The highest BCUT2D eigenvalue weighted by Crippen LogP contribution is 2.22. The minimum atomic E-state index is -0.242. The fourth-order valence-electron chi connectivity index (χ4n) is 2.65. The van der Waals surface area contributed by atoms with Gasteiger partial charge in [-0.15, -0.1) is 0 Å². The zero-order valence-electron chi connectivity index (χ0n) is 12.3. The second kappa shape index (κ2) is 5.76. The van der Waals surface area contributed by atoms with Crippen LogP contribution in [0.2, 0.25) is 0 Å². The molecule has 0 saturated carbocycles. The summed E-state index contributed by atoms with van der Waals surface area (Å²) < 4.78 is 13.5. The Kier molecular flexibility index (Phi) is 4.42. The lowest BCUT2D eigenvalue weighted by Crippen LogP contribution is -2.57. The molecule has 0 radical (unpaired) electrons. The molecule has 0 aromatic heterocycles. The van der Waals surface area contributed by atoms with Gasteiger partial charge in [-0.3, -0.25) is 9.80 Å². The largest absolute Gasteiger partial charge is 0.389 e. The number of benzene rings is 1. The molecule has 1 aliphatic rings. The average Bonchev–Trinajstić information content (AvgIpc) is 2.33. The van der Waals surface area contributed by atoms with E-state index in [4.69, 9.17) is 18.0 Å². The Labute approximate surface area is 125 Å². The fourth-order valence-corrected chi connectivity index (χ4v) is 2.85. The summed E-state index contributed by atoms with van der Waals surface area (Å²) in [7, 11) is 2.14. The van der Waals surface area contributed by atoms with Gasteiger partial charge in [-0.2, -0.15) is 0 Å². The molecule has 1 heterocycles. The van der Waals surface area contributed by atoms with Gasteiger partial charge in [-0.1, -0.05) is 12.2 Å². The highest BCUT2D eigenvalue weighted by atomic mass is 32.1. The van der Waals surface area contributed by atoms with Crippen LogP contribution in [0.5, 0.6) is 0 Å². The van der Waals surface area contributed by atoms with Crippen LogP contribution in [-0.4, -0.2) is 47.0 Å². The third-order valence-corrected chi connectivity index (χ3v) is 4.34. The van der Waals surface area contributed by atoms with Crippen LogP contribution in [0, 0.1) is 5.82 Å². The molecular weight excluding hydrogens is 273 g/mol. The first-order chi connectivity index (χ1) is 9.29. The van der Waals surface area contributed by atoms with Crippen LogP contribution >= 0.6 is 12.2 Å². The van der Waals surface area contributed by atoms with Crippen molar-refractivity contribution >= 4 is 17.2 Å². The van der Waals surface area contributed by atoms with Crippen molar-refractivity contribution in [1.82, 2.24) is 9.80 Å². The number of halogens is 1. The normalized spacial score (nSPS) is 20.0. The maximum atomic E-state index is 13.5. The van der Waals surface area contributed by atoms with Gasteiger partial charge in [-0.25, -0.2) is 4.39 Å². The Morgan fingerprint density at radius 1 is 1.40 bits per heavy atom. The molecule has 0 atom stereocenters. The summed E-state index contributed by atoms with van der Waals surface area (Å²) in [6.07, 6.45) is 0. The summed E-state index contributed by atoms with van der Waals surface area (Å²) >= 11 is 5.05. The van der Waals surface area contributed by atoms with Gasteiger partial charge in [0.2, 0.25) is 0 Å². The molecule has 1 aromatic rings. The van der Waals surface area contributed by atoms with Crippen LogP contribution in [0.1, 0.15) is 25.0 Å². The molecule has 20 heavy (non-hydrogen) atoms. The van der Waals surface area contributed by atoms with E-state index in [1.54, 1.807) is 12.1 Å². The van der Waals surface area contributed by atoms with Gasteiger partial charge >= 0.3 is 0 Å². The number of rotatable bonds is 3. The minimum Gasteiger partial charge on any atom is -0.389 e. The highest BCUT2D eigenvalue weighted by molar-refractivity contribution is 7.80.